The summed E-state index contributed by atoms with van der Waals surface area (Å²) in [4.78, 5) is 23.2. The molecule has 0 saturated heterocycles. The summed E-state index contributed by atoms with van der Waals surface area (Å²) >= 11 is 2.04. The number of nitrogens with one attached hydrogen (secondary N) is 2. The van der Waals surface area contributed by atoms with Crippen molar-refractivity contribution in [3.05, 3.63) is 27.3 Å². The maximum atomic E-state index is 12.0. The number of anilines is 1. The molecule has 5 nitrogen and oxygen atoms in total. The summed E-state index contributed by atoms with van der Waals surface area (Å²) in [6, 6.07) is 4.73. The smallest absolute Gasteiger partial charge is 0.337 e. The lowest BCUT2D eigenvalue weighted by Crippen LogP contribution is -2.38. The first-order valence-corrected chi connectivity index (χ1v) is 8.17. The molecule has 114 valence electrons. The van der Waals surface area contributed by atoms with Gasteiger partial charge in [0.05, 0.1) is 11.3 Å². The van der Waals surface area contributed by atoms with Gasteiger partial charge in [-0.1, -0.05) is 19.8 Å². The lowest BCUT2D eigenvalue weighted by molar-refractivity contribution is 0.0698. The van der Waals surface area contributed by atoms with Crippen LogP contribution in [0.3, 0.4) is 0 Å². The number of benzene rings is 1. The third kappa shape index (κ3) is 4.87. The van der Waals surface area contributed by atoms with E-state index in [0.29, 0.717) is 5.69 Å². The van der Waals surface area contributed by atoms with Gasteiger partial charge in [-0.2, -0.15) is 0 Å². The van der Waals surface area contributed by atoms with E-state index < -0.39 is 5.97 Å². The first kappa shape index (κ1) is 16.1. The van der Waals surface area contributed by atoms with Crippen molar-refractivity contribution in [3.8, 4) is 0 Å². The first-order valence-electron chi connectivity index (χ1n) is 7.10. The average Bonchev–Trinajstić information content (AvgIpc) is 3.23. The lowest BCUT2D eigenvalue weighted by Gasteiger charge is -2.17. The van der Waals surface area contributed by atoms with Crippen LogP contribution in [0.4, 0.5) is 10.5 Å². The van der Waals surface area contributed by atoms with E-state index in [1.807, 2.05) is 29.5 Å². The van der Waals surface area contributed by atoms with Gasteiger partial charge >= 0.3 is 12.0 Å². The van der Waals surface area contributed by atoms with Gasteiger partial charge in [-0.15, -0.1) is 0 Å². The topological polar surface area (TPSA) is 78.4 Å². The molecule has 2 amide bonds. The van der Waals surface area contributed by atoms with Crippen LogP contribution in [0.1, 0.15) is 43.0 Å². The maximum Gasteiger partial charge on any atom is 0.337 e. The Labute approximate surface area is 137 Å². The third-order valence-corrected chi connectivity index (χ3v) is 4.27. The van der Waals surface area contributed by atoms with E-state index >= 15 is 0 Å². The molecule has 0 radical (unpaired) electrons. The molecule has 1 aliphatic carbocycles. The molecule has 1 fully saturated rings. The summed E-state index contributed by atoms with van der Waals surface area (Å²) in [7, 11) is 0. The van der Waals surface area contributed by atoms with Crippen LogP contribution in [0.25, 0.3) is 0 Å². The lowest BCUT2D eigenvalue weighted by atomic mass is 10.1. The van der Waals surface area contributed by atoms with E-state index in [-0.39, 0.29) is 17.6 Å². The zero-order valence-corrected chi connectivity index (χ0v) is 14.0. The number of hydrogen-bond donors (Lipinski definition) is 3. The monoisotopic (exact) mass is 402 g/mol. The molecule has 0 heterocycles. The molecule has 0 spiro atoms. The molecule has 6 heteroatoms. The van der Waals surface area contributed by atoms with Gasteiger partial charge in [0.1, 0.15) is 0 Å². The highest BCUT2D eigenvalue weighted by Crippen LogP contribution is 2.34. The number of carbonyl (C=O) groups excluding carboxylic acids is 1. The first-order chi connectivity index (χ1) is 9.99. The number of rotatable bonds is 6. The van der Waals surface area contributed by atoms with Gasteiger partial charge < -0.3 is 15.7 Å². The fourth-order valence-corrected chi connectivity index (χ4v) is 2.72. The molecule has 0 aromatic heterocycles. The Kier molecular flexibility index (Phi) is 5.44. The number of carbonyl (C=O) groups is 2. The number of amides is 2. The Hall–Kier alpha value is -1.31. The molecule has 1 saturated carbocycles. The Bertz CT molecular complexity index is 544. The summed E-state index contributed by atoms with van der Waals surface area (Å²) in [6.07, 6.45) is 4.38. The van der Waals surface area contributed by atoms with Gasteiger partial charge in [0, 0.05) is 9.61 Å². The largest absolute Gasteiger partial charge is 0.478 e. The number of halogens is 1. The van der Waals surface area contributed by atoms with Crippen LogP contribution >= 0.6 is 22.6 Å². The van der Waals surface area contributed by atoms with Gasteiger partial charge in [-0.05, 0) is 59.5 Å². The van der Waals surface area contributed by atoms with Crippen LogP contribution < -0.4 is 10.6 Å². The Morgan fingerprint density at radius 2 is 2.14 bits per heavy atom. The second-order valence-corrected chi connectivity index (χ2v) is 6.62. The highest BCUT2D eigenvalue weighted by atomic mass is 127. The highest BCUT2D eigenvalue weighted by molar-refractivity contribution is 14.1. The van der Waals surface area contributed by atoms with Gasteiger partial charge in [-0.3, -0.25) is 0 Å². The number of aromatic carboxylic acids is 1. The Balaban J connectivity index is 1.99. The second-order valence-electron chi connectivity index (χ2n) is 5.38. The van der Waals surface area contributed by atoms with Crippen molar-refractivity contribution in [2.45, 2.75) is 38.6 Å². The van der Waals surface area contributed by atoms with Crippen LogP contribution in [0.5, 0.6) is 0 Å². The van der Waals surface area contributed by atoms with E-state index in [4.69, 9.17) is 0 Å². The van der Waals surface area contributed by atoms with Crippen LogP contribution in [0, 0.1) is 9.49 Å². The van der Waals surface area contributed by atoms with Gasteiger partial charge in [0.15, 0.2) is 0 Å². The van der Waals surface area contributed by atoms with Crippen molar-refractivity contribution < 1.29 is 14.7 Å². The number of urea groups is 1. The standard InChI is InChI=1S/C15H19IN2O3/c1-2-11(7-9-3-4-9)17-15(21)18-13-6-5-10(16)8-12(13)14(19)20/h5-6,8-9,11H,2-4,7H2,1H3,(H,19,20)(H2,17,18,21). The molecular formula is C15H19IN2O3. The van der Waals surface area contributed by atoms with E-state index in [1.165, 1.54) is 12.8 Å². The fourth-order valence-electron chi connectivity index (χ4n) is 2.23. The zero-order valence-electron chi connectivity index (χ0n) is 11.9. The molecular weight excluding hydrogens is 383 g/mol. The van der Waals surface area contributed by atoms with Crippen molar-refractivity contribution in [1.29, 1.82) is 0 Å². The number of hydrogen-bond acceptors (Lipinski definition) is 2. The minimum Gasteiger partial charge on any atom is -0.478 e. The summed E-state index contributed by atoms with van der Waals surface area (Å²) in [5.74, 6) is -0.308. The van der Waals surface area contributed by atoms with E-state index in [0.717, 1.165) is 22.3 Å². The summed E-state index contributed by atoms with van der Waals surface area (Å²) in [5.41, 5.74) is 0.425. The van der Waals surface area contributed by atoms with Gasteiger partial charge in [0.25, 0.3) is 0 Å². The summed E-state index contributed by atoms with van der Waals surface area (Å²) < 4.78 is 0.816. The predicted molar refractivity (Wildman–Crippen MR) is 89.7 cm³/mol. The van der Waals surface area contributed by atoms with Crippen molar-refractivity contribution in [1.82, 2.24) is 5.32 Å². The molecule has 21 heavy (non-hydrogen) atoms. The summed E-state index contributed by atoms with van der Waals surface area (Å²) in [5, 5.41) is 14.7. The number of carboxylic acids is 1. The molecule has 1 aromatic carbocycles. The third-order valence-electron chi connectivity index (χ3n) is 3.60. The van der Waals surface area contributed by atoms with Gasteiger partial charge in [0.2, 0.25) is 0 Å². The van der Waals surface area contributed by atoms with E-state index in [9.17, 15) is 14.7 Å². The Morgan fingerprint density at radius 1 is 1.43 bits per heavy atom. The average molecular weight is 402 g/mol. The zero-order chi connectivity index (χ0) is 15.4. The van der Waals surface area contributed by atoms with E-state index in [2.05, 4.69) is 10.6 Å². The molecule has 1 aromatic rings. The molecule has 0 aliphatic heterocycles. The quantitative estimate of drug-likeness (QED) is 0.636. The molecule has 1 aliphatic rings. The molecule has 0 bridgehead atoms. The van der Waals surface area contributed by atoms with Gasteiger partial charge in [-0.25, -0.2) is 9.59 Å². The van der Waals surface area contributed by atoms with Crippen molar-refractivity contribution >= 4 is 40.3 Å². The minimum atomic E-state index is -1.05. The second kappa shape index (κ2) is 7.11. The highest BCUT2D eigenvalue weighted by Gasteiger charge is 2.25. The Morgan fingerprint density at radius 3 is 2.71 bits per heavy atom. The molecule has 1 unspecified atom stereocenters. The van der Waals surface area contributed by atoms with E-state index in [1.54, 1.807) is 18.2 Å². The summed E-state index contributed by atoms with van der Waals surface area (Å²) in [6.45, 7) is 2.04. The predicted octanol–water partition coefficient (Wildman–Crippen LogP) is 3.69. The van der Waals surface area contributed by atoms with Crippen molar-refractivity contribution in [2.24, 2.45) is 5.92 Å². The van der Waals surface area contributed by atoms with Crippen molar-refractivity contribution in [3.63, 3.8) is 0 Å². The fraction of sp³-hybridized carbons (Fsp3) is 0.467. The molecule has 1 atom stereocenters. The van der Waals surface area contributed by atoms with Crippen LogP contribution in [-0.4, -0.2) is 23.1 Å². The minimum absolute atomic E-state index is 0.104. The maximum absolute atomic E-state index is 12.0. The normalized spacial score (nSPS) is 15.3. The SMILES string of the molecule is CCC(CC1CC1)NC(=O)Nc1ccc(I)cc1C(=O)O. The van der Waals surface area contributed by atoms with Crippen LogP contribution in [-0.2, 0) is 0 Å². The molecule has 3 N–H and O–H groups in total. The van der Waals surface area contributed by atoms with Crippen LogP contribution in [0.15, 0.2) is 18.2 Å². The molecule has 2 rings (SSSR count). The number of carboxylic acid groups (broad SMARTS) is 1. The van der Waals surface area contributed by atoms with Crippen molar-refractivity contribution in [2.75, 3.05) is 5.32 Å². The van der Waals surface area contributed by atoms with Crippen LogP contribution in [0.2, 0.25) is 0 Å².